The highest BCUT2D eigenvalue weighted by Crippen LogP contribution is 1.98. The maximum atomic E-state index is 8.56. The molecule has 0 aromatic carbocycles. The monoisotopic (exact) mass is 200 g/mol. The van der Waals surface area contributed by atoms with Crippen molar-refractivity contribution in [1.82, 2.24) is 0 Å². The van der Waals surface area contributed by atoms with Gasteiger partial charge in [-0.1, -0.05) is 27.2 Å². The standard InChI is InChI=1S/C10H18.CH2O3/c1-4-6-7-8-9-10(3)5-2;2-1(3)4/h10H,4-7H2,1-3H3;(H2,2,3,4). The molecule has 0 aliphatic carbocycles. The largest absolute Gasteiger partial charge is 0.503 e. The Morgan fingerprint density at radius 2 is 1.86 bits per heavy atom. The second-order valence-corrected chi connectivity index (χ2v) is 3.02. The molecule has 2 N–H and O–H groups in total. The van der Waals surface area contributed by atoms with Crippen LogP contribution in [-0.2, 0) is 0 Å². The van der Waals surface area contributed by atoms with Crippen LogP contribution in [0.15, 0.2) is 0 Å². The second-order valence-electron chi connectivity index (χ2n) is 3.02. The molecule has 3 nitrogen and oxygen atoms in total. The van der Waals surface area contributed by atoms with E-state index in [1.165, 1.54) is 19.3 Å². The molecule has 0 fully saturated rings. The van der Waals surface area contributed by atoms with Crippen molar-refractivity contribution >= 4 is 6.16 Å². The molecule has 0 heterocycles. The van der Waals surface area contributed by atoms with E-state index in [1.54, 1.807) is 0 Å². The highest BCUT2D eigenvalue weighted by atomic mass is 16.6. The van der Waals surface area contributed by atoms with Crippen molar-refractivity contribution in [3.8, 4) is 11.8 Å². The summed E-state index contributed by atoms with van der Waals surface area (Å²) in [6, 6.07) is 0. The lowest BCUT2D eigenvalue weighted by Crippen LogP contribution is -1.84. The molecule has 0 bridgehead atoms. The minimum Gasteiger partial charge on any atom is -0.450 e. The predicted octanol–water partition coefficient (Wildman–Crippen LogP) is 3.45. The van der Waals surface area contributed by atoms with Crippen LogP contribution in [0, 0.1) is 17.8 Å². The van der Waals surface area contributed by atoms with Gasteiger partial charge in [0.2, 0.25) is 0 Å². The summed E-state index contributed by atoms with van der Waals surface area (Å²) >= 11 is 0. The molecule has 0 saturated carbocycles. The molecule has 0 rings (SSSR count). The number of carboxylic acid groups (broad SMARTS) is 2. The van der Waals surface area contributed by atoms with Crippen molar-refractivity contribution in [2.75, 3.05) is 0 Å². The number of unbranched alkanes of at least 4 members (excludes halogenated alkanes) is 2. The first-order chi connectivity index (χ1) is 6.54. The molecule has 0 saturated heterocycles. The fraction of sp³-hybridized carbons (Fsp3) is 0.727. The van der Waals surface area contributed by atoms with Gasteiger partial charge in [-0.15, -0.1) is 11.8 Å². The third-order valence-electron chi connectivity index (χ3n) is 1.62. The summed E-state index contributed by atoms with van der Waals surface area (Å²) in [6.45, 7) is 6.56. The van der Waals surface area contributed by atoms with E-state index in [9.17, 15) is 0 Å². The van der Waals surface area contributed by atoms with Crippen LogP contribution in [0.2, 0.25) is 0 Å². The lowest BCUT2D eigenvalue weighted by Gasteiger charge is -1.93. The van der Waals surface area contributed by atoms with Gasteiger partial charge in [0.15, 0.2) is 0 Å². The van der Waals surface area contributed by atoms with Gasteiger partial charge in [-0.05, 0) is 12.8 Å². The van der Waals surface area contributed by atoms with Gasteiger partial charge in [-0.2, -0.15) is 0 Å². The van der Waals surface area contributed by atoms with Crippen molar-refractivity contribution in [2.45, 2.75) is 46.5 Å². The maximum Gasteiger partial charge on any atom is 0.503 e. The molecule has 0 spiro atoms. The highest BCUT2D eigenvalue weighted by Gasteiger charge is 1.87. The molecule has 0 aromatic rings. The zero-order valence-corrected chi connectivity index (χ0v) is 9.21. The highest BCUT2D eigenvalue weighted by molar-refractivity contribution is 5.53. The van der Waals surface area contributed by atoms with Gasteiger partial charge in [0.25, 0.3) is 0 Å². The molecule has 0 aliphatic heterocycles. The molecular formula is C11H20O3. The molecule has 1 unspecified atom stereocenters. The number of rotatable bonds is 3. The lowest BCUT2D eigenvalue weighted by atomic mass is 10.1. The smallest absolute Gasteiger partial charge is 0.450 e. The van der Waals surface area contributed by atoms with Crippen LogP contribution in [0.3, 0.4) is 0 Å². The van der Waals surface area contributed by atoms with Crippen LogP contribution >= 0.6 is 0 Å². The average Bonchev–Trinajstić information content (AvgIpc) is 2.11. The van der Waals surface area contributed by atoms with E-state index in [2.05, 4.69) is 32.6 Å². The molecule has 14 heavy (non-hydrogen) atoms. The van der Waals surface area contributed by atoms with Gasteiger partial charge in [0.1, 0.15) is 0 Å². The quantitative estimate of drug-likeness (QED) is 0.542. The topological polar surface area (TPSA) is 57.5 Å². The zero-order valence-electron chi connectivity index (χ0n) is 9.21. The van der Waals surface area contributed by atoms with Gasteiger partial charge in [0.05, 0.1) is 0 Å². The second kappa shape index (κ2) is 11.8. The van der Waals surface area contributed by atoms with E-state index in [1.807, 2.05) is 0 Å². The van der Waals surface area contributed by atoms with Crippen LogP contribution in [0.4, 0.5) is 4.79 Å². The minimum absolute atomic E-state index is 0.594. The fourth-order valence-corrected chi connectivity index (χ4v) is 0.614. The molecule has 0 aliphatic rings. The molecular weight excluding hydrogens is 180 g/mol. The lowest BCUT2D eigenvalue weighted by molar-refractivity contribution is 0.137. The molecule has 1 atom stereocenters. The first kappa shape index (κ1) is 15.3. The summed E-state index contributed by atoms with van der Waals surface area (Å²) in [6.07, 6.45) is 2.94. The summed E-state index contributed by atoms with van der Waals surface area (Å²) in [5.74, 6) is 7.00. The summed E-state index contributed by atoms with van der Waals surface area (Å²) in [7, 11) is 0. The van der Waals surface area contributed by atoms with Gasteiger partial charge < -0.3 is 10.2 Å². The Bertz CT molecular complexity index is 184. The summed E-state index contributed by atoms with van der Waals surface area (Å²) in [5, 5.41) is 13.9. The van der Waals surface area contributed by atoms with Gasteiger partial charge >= 0.3 is 6.16 Å². The number of hydrogen-bond acceptors (Lipinski definition) is 1. The fourth-order valence-electron chi connectivity index (χ4n) is 0.614. The molecule has 82 valence electrons. The van der Waals surface area contributed by atoms with Gasteiger partial charge in [0, 0.05) is 12.3 Å². The normalized spacial score (nSPS) is 10.2. The van der Waals surface area contributed by atoms with Crippen LogP contribution in [0.1, 0.15) is 46.5 Å². The van der Waals surface area contributed by atoms with E-state index in [0.29, 0.717) is 5.92 Å². The van der Waals surface area contributed by atoms with Gasteiger partial charge in [-0.3, -0.25) is 0 Å². The summed E-state index contributed by atoms with van der Waals surface area (Å²) in [5.41, 5.74) is 0. The van der Waals surface area contributed by atoms with E-state index in [4.69, 9.17) is 15.0 Å². The SMILES string of the molecule is CCCCC#CC(C)CC.O=C(O)O. The Morgan fingerprint density at radius 1 is 1.36 bits per heavy atom. The van der Waals surface area contributed by atoms with Crippen molar-refractivity contribution < 1.29 is 15.0 Å². The summed E-state index contributed by atoms with van der Waals surface area (Å²) in [4.78, 5) is 8.56. The Kier molecular flexibility index (Phi) is 12.9. The minimum atomic E-state index is -1.83. The van der Waals surface area contributed by atoms with E-state index in [0.717, 1.165) is 6.42 Å². The van der Waals surface area contributed by atoms with Crippen molar-refractivity contribution in [1.29, 1.82) is 0 Å². The van der Waals surface area contributed by atoms with Crippen molar-refractivity contribution in [3.63, 3.8) is 0 Å². The zero-order chi connectivity index (χ0) is 11.4. The Hall–Kier alpha value is -1.17. The van der Waals surface area contributed by atoms with Crippen LogP contribution in [0.25, 0.3) is 0 Å². The molecule has 0 radical (unpaired) electrons. The first-order valence-electron chi connectivity index (χ1n) is 4.94. The average molecular weight is 200 g/mol. The molecule has 3 heteroatoms. The van der Waals surface area contributed by atoms with E-state index in [-0.39, 0.29) is 0 Å². The predicted molar refractivity (Wildman–Crippen MR) is 57.4 cm³/mol. The van der Waals surface area contributed by atoms with Gasteiger partial charge in [-0.25, -0.2) is 4.79 Å². The number of carbonyl (C=O) groups is 1. The third-order valence-corrected chi connectivity index (χ3v) is 1.62. The van der Waals surface area contributed by atoms with Crippen LogP contribution in [0.5, 0.6) is 0 Å². The van der Waals surface area contributed by atoms with Crippen molar-refractivity contribution in [2.24, 2.45) is 5.92 Å². The summed E-state index contributed by atoms with van der Waals surface area (Å²) < 4.78 is 0. The Labute approximate surface area is 86.1 Å². The molecule has 0 amide bonds. The third kappa shape index (κ3) is 22.4. The Morgan fingerprint density at radius 3 is 2.21 bits per heavy atom. The number of hydrogen-bond donors (Lipinski definition) is 2. The molecule has 0 aromatic heterocycles. The maximum absolute atomic E-state index is 8.56. The first-order valence-corrected chi connectivity index (χ1v) is 4.94. The van der Waals surface area contributed by atoms with Crippen LogP contribution < -0.4 is 0 Å². The van der Waals surface area contributed by atoms with Crippen LogP contribution in [-0.4, -0.2) is 16.4 Å². The van der Waals surface area contributed by atoms with E-state index < -0.39 is 6.16 Å². The van der Waals surface area contributed by atoms with E-state index >= 15 is 0 Å². The Balaban J connectivity index is 0. The van der Waals surface area contributed by atoms with Crippen molar-refractivity contribution in [3.05, 3.63) is 0 Å².